The van der Waals surface area contributed by atoms with Gasteiger partial charge in [-0.1, -0.05) is 48.5 Å². The summed E-state index contributed by atoms with van der Waals surface area (Å²) in [5.41, 5.74) is 4.37. The normalized spacial score (nSPS) is 11.0. The van der Waals surface area contributed by atoms with Crippen molar-refractivity contribution in [2.24, 2.45) is 0 Å². The molecule has 2 aromatic carbocycles. The summed E-state index contributed by atoms with van der Waals surface area (Å²) in [5, 5.41) is 1.10. The lowest BCUT2D eigenvalue weighted by Crippen LogP contribution is -1.95. The van der Waals surface area contributed by atoms with E-state index in [0.29, 0.717) is 5.65 Å². The van der Waals surface area contributed by atoms with Crippen LogP contribution in [0.3, 0.4) is 0 Å². The van der Waals surface area contributed by atoms with Crippen LogP contribution in [0, 0.1) is 0 Å². The van der Waals surface area contributed by atoms with Gasteiger partial charge in [0.2, 0.25) is 5.28 Å². The van der Waals surface area contributed by atoms with Gasteiger partial charge in [-0.3, -0.25) is 0 Å². The van der Waals surface area contributed by atoms with Crippen molar-refractivity contribution in [1.82, 2.24) is 15.0 Å². The molecule has 2 heterocycles. The van der Waals surface area contributed by atoms with Crippen molar-refractivity contribution in [3.63, 3.8) is 0 Å². The van der Waals surface area contributed by atoms with Crippen molar-refractivity contribution >= 4 is 34.4 Å². The number of benzene rings is 2. The fourth-order valence-corrected chi connectivity index (χ4v) is 3.56. The minimum atomic E-state index is 0.205. The van der Waals surface area contributed by atoms with E-state index in [0.717, 1.165) is 32.8 Å². The first-order chi connectivity index (χ1) is 12.3. The van der Waals surface area contributed by atoms with Crippen LogP contribution in [0.25, 0.3) is 33.5 Å². The summed E-state index contributed by atoms with van der Waals surface area (Å²) >= 11 is 7.88. The third-order valence-electron chi connectivity index (χ3n) is 3.96. The zero-order chi connectivity index (χ0) is 17.2. The number of pyridine rings is 1. The average molecular weight is 364 g/mol. The van der Waals surface area contributed by atoms with Gasteiger partial charge in [0.05, 0.1) is 11.4 Å². The summed E-state index contributed by atoms with van der Waals surface area (Å²) in [6, 6.07) is 22.2. The van der Waals surface area contributed by atoms with Crippen LogP contribution in [-0.2, 0) is 0 Å². The second-order valence-corrected chi connectivity index (χ2v) is 6.66. The van der Waals surface area contributed by atoms with Gasteiger partial charge in [-0.05, 0) is 36.1 Å². The highest BCUT2D eigenvalue weighted by Crippen LogP contribution is 2.34. The van der Waals surface area contributed by atoms with Gasteiger partial charge in [0, 0.05) is 21.4 Å². The molecular weight excluding hydrogens is 350 g/mol. The second kappa shape index (κ2) is 6.82. The Labute approximate surface area is 155 Å². The minimum Gasteiger partial charge on any atom is -0.228 e. The molecule has 0 bridgehead atoms. The first-order valence-corrected chi connectivity index (χ1v) is 9.39. The molecule has 0 amide bonds. The molecule has 0 aliphatic carbocycles. The van der Waals surface area contributed by atoms with Crippen LogP contribution >= 0.6 is 23.4 Å². The number of thioether (sulfide) groups is 1. The maximum absolute atomic E-state index is 6.20. The number of fused-ring (bicyclic) bond motifs is 1. The fraction of sp³-hybridized carbons (Fsp3) is 0.0500. The molecule has 0 fully saturated rings. The molecule has 5 heteroatoms. The molecule has 0 spiro atoms. The minimum absolute atomic E-state index is 0.205. The standard InChI is InChI=1S/C20H14ClN3S/c1-25-17-10-6-5-9-14(17)18-15-11-12-16(13-7-3-2-4-8-13)22-19(15)24-20(21)23-18/h2-12H,1H3. The van der Waals surface area contributed by atoms with E-state index in [9.17, 15) is 0 Å². The van der Waals surface area contributed by atoms with Crippen LogP contribution in [0.2, 0.25) is 5.28 Å². The highest BCUT2D eigenvalue weighted by Gasteiger charge is 2.14. The third-order valence-corrected chi connectivity index (χ3v) is 4.93. The van der Waals surface area contributed by atoms with Crippen LogP contribution in [0.4, 0.5) is 0 Å². The van der Waals surface area contributed by atoms with Gasteiger partial charge in [-0.2, -0.15) is 4.98 Å². The number of hydrogen-bond donors (Lipinski definition) is 0. The fourth-order valence-electron chi connectivity index (χ4n) is 2.80. The quantitative estimate of drug-likeness (QED) is 0.344. The Bertz CT molecular complexity index is 1050. The molecule has 2 aromatic heterocycles. The lowest BCUT2D eigenvalue weighted by Gasteiger charge is -2.10. The van der Waals surface area contributed by atoms with Crippen molar-refractivity contribution in [1.29, 1.82) is 0 Å². The van der Waals surface area contributed by atoms with Gasteiger partial charge in [0.1, 0.15) is 0 Å². The van der Waals surface area contributed by atoms with Crippen LogP contribution in [0.5, 0.6) is 0 Å². The maximum Gasteiger partial charge on any atom is 0.225 e. The van der Waals surface area contributed by atoms with Crippen molar-refractivity contribution in [2.45, 2.75) is 4.90 Å². The van der Waals surface area contributed by atoms with Gasteiger partial charge in [0.25, 0.3) is 0 Å². The average Bonchev–Trinajstić information content (AvgIpc) is 2.67. The molecule has 3 nitrogen and oxygen atoms in total. The lowest BCUT2D eigenvalue weighted by atomic mass is 10.1. The lowest BCUT2D eigenvalue weighted by molar-refractivity contribution is 1.18. The monoisotopic (exact) mass is 363 g/mol. The first kappa shape index (κ1) is 16.1. The number of aromatic nitrogens is 3. The summed E-state index contributed by atoms with van der Waals surface area (Å²) in [6.07, 6.45) is 2.05. The summed E-state index contributed by atoms with van der Waals surface area (Å²) in [5.74, 6) is 0. The molecule has 122 valence electrons. The SMILES string of the molecule is CSc1ccccc1-c1nc(Cl)nc2nc(-c3ccccc3)ccc12. The van der Waals surface area contributed by atoms with Crippen LogP contribution in [-0.4, -0.2) is 21.2 Å². The van der Waals surface area contributed by atoms with Gasteiger partial charge in [-0.15, -0.1) is 11.8 Å². The summed E-state index contributed by atoms with van der Waals surface area (Å²) in [4.78, 5) is 14.7. The Kier molecular flexibility index (Phi) is 4.38. The molecule has 0 atom stereocenters. The number of rotatable bonds is 3. The predicted molar refractivity (Wildman–Crippen MR) is 105 cm³/mol. The third kappa shape index (κ3) is 3.11. The van der Waals surface area contributed by atoms with Crippen LogP contribution in [0.1, 0.15) is 0 Å². The van der Waals surface area contributed by atoms with E-state index in [2.05, 4.69) is 28.4 Å². The van der Waals surface area contributed by atoms with E-state index in [4.69, 9.17) is 16.6 Å². The van der Waals surface area contributed by atoms with Gasteiger partial charge >= 0.3 is 0 Å². The van der Waals surface area contributed by atoms with E-state index in [1.165, 1.54) is 0 Å². The highest BCUT2D eigenvalue weighted by atomic mass is 35.5. The van der Waals surface area contributed by atoms with E-state index in [1.54, 1.807) is 11.8 Å². The van der Waals surface area contributed by atoms with Crippen molar-refractivity contribution < 1.29 is 0 Å². The Hall–Kier alpha value is -2.43. The molecule has 0 radical (unpaired) electrons. The molecule has 0 aliphatic rings. The number of hydrogen-bond acceptors (Lipinski definition) is 4. The van der Waals surface area contributed by atoms with E-state index in [-0.39, 0.29) is 5.28 Å². The molecular formula is C20H14ClN3S. The first-order valence-electron chi connectivity index (χ1n) is 7.79. The Morgan fingerprint density at radius 1 is 0.800 bits per heavy atom. The molecule has 0 N–H and O–H groups in total. The van der Waals surface area contributed by atoms with E-state index < -0.39 is 0 Å². The van der Waals surface area contributed by atoms with E-state index >= 15 is 0 Å². The predicted octanol–water partition coefficient (Wildman–Crippen LogP) is 5.73. The largest absolute Gasteiger partial charge is 0.228 e. The topological polar surface area (TPSA) is 38.7 Å². The van der Waals surface area contributed by atoms with E-state index in [1.807, 2.05) is 54.6 Å². The molecule has 25 heavy (non-hydrogen) atoms. The smallest absolute Gasteiger partial charge is 0.225 e. The number of halogens is 1. The Morgan fingerprint density at radius 3 is 2.36 bits per heavy atom. The highest BCUT2D eigenvalue weighted by molar-refractivity contribution is 7.98. The summed E-state index contributed by atoms with van der Waals surface area (Å²) < 4.78 is 0. The molecule has 0 saturated carbocycles. The molecule has 0 aliphatic heterocycles. The van der Waals surface area contributed by atoms with Gasteiger partial charge < -0.3 is 0 Å². The van der Waals surface area contributed by atoms with Gasteiger partial charge in [0.15, 0.2) is 5.65 Å². The molecule has 0 unspecified atom stereocenters. The molecule has 4 aromatic rings. The maximum atomic E-state index is 6.20. The Morgan fingerprint density at radius 2 is 1.56 bits per heavy atom. The van der Waals surface area contributed by atoms with Crippen LogP contribution < -0.4 is 0 Å². The Balaban J connectivity index is 1.95. The van der Waals surface area contributed by atoms with Crippen molar-refractivity contribution in [3.05, 3.63) is 72.0 Å². The van der Waals surface area contributed by atoms with Crippen molar-refractivity contribution in [2.75, 3.05) is 6.26 Å². The van der Waals surface area contributed by atoms with Crippen LogP contribution in [0.15, 0.2) is 71.6 Å². The summed E-state index contributed by atoms with van der Waals surface area (Å²) in [6.45, 7) is 0. The zero-order valence-electron chi connectivity index (χ0n) is 13.5. The second-order valence-electron chi connectivity index (χ2n) is 5.48. The molecule has 0 saturated heterocycles. The van der Waals surface area contributed by atoms with Crippen molar-refractivity contribution in [3.8, 4) is 22.5 Å². The number of nitrogens with zero attached hydrogens (tertiary/aromatic N) is 3. The zero-order valence-corrected chi connectivity index (χ0v) is 15.1. The summed E-state index contributed by atoms with van der Waals surface area (Å²) in [7, 11) is 0. The van der Waals surface area contributed by atoms with Gasteiger partial charge in [-0.25, -0.2) is 9.97 Å². The molecule has 4 rings (SSSR count).